The summed E-state index contributed by atoms with van der Waals surface area (Å²) in [6, 6.07) is 9.76. The second kappa shape index (κ2) is 8.18. The fourth-order valence-electron chi connectivity index (χ4n) is 8.60. The molecular weight excluding hydrogens is 398 g/mol. The maximum atomic E-state index is 12.6. The first-order chi connectivity index (χ1) is 15.3. The first kappa shape index (κ1) is 22.0. The summed E-state index contributed by atoms with van der Waals surface area (Å²) in [7, 11) is 0. The minimum Gasteiger partial charge on any atom is -0.459 e. The number of ether oxygens (including phenoxy) is 1. The van der Waals surface area contributed by atoms with Crippen LogP contribution in [0.3, 0.4) is 0 Å². The molecule has 4 aliphatic carbocycles. The molecule has 0 saturated heterocycles. The van der Waals surface area contributed by atoms with Crippen LogP contribution in [0.1, 0.15) is 88.9 Å². The number of rotatable bonds is 3. The van der Waals surface area contributed by atoms with Crippen molar-refractivity contribution in [3.63, 3.8) is 0 Å². The third-order valence-corrected chi connectivity index (χ3v) is 10.3. The standard InChI is InChI=1S/C28H39NO3/c1-18(30)29-25-12-11-23-22-10-9-20-17-21(32-26(31)19-7-5-4-6-8-19)13-15-27(20,2)24(22)14-16-28(23,25)3/h4-8,20-25H,9-17H2,1-3H3,(H,29,30)/t20-,21+,22-,23-,24-,25-,27-,28-/m0/s1. The molecule has 8 atom stereocenters. The summed E-state index contributed by atoms with van der Waals surface area (Å²) < 4.78 is 5.96. The number of carbonyl (C=O) groups is 2. The monoisotopic (exact) mass is 437 g/mol. The second-order valence-electron chi connectivity index (χ2n) is 11.7. The largest absolute Gasteiger partial charge is 0.459 e. The summed E-state index contributed by atoms with van der Waals surface area (Å²) in [4.78, 5) is 24.4. The van der Waals surface area contributed by atoms with E-state index in [1.807, 2.05) is 30.3 Å². The van der Waals surface area contributed by atoms with E-state index in [0.29, 0.717) is 22.9 Å². The van der Waals surface area contributed by atoms with Gasteiger partial charge in [0, 0.05) is 13.0 Å². The Hall–Kier alpha value is -1.84. The molecule has 1 N–H and O–H groups in total. The predicted octanol–water partition coefficient (Wildman–Crippen LogP) is 5.76. The average Bonchev–Trinajstić information content (AvgIpc) is 3.10. The van der Waals surface area contributed by atoms with Gasteiger partial charge < -0.3 is 10.1 Å². The first-order valence-electron chi connectivity index (χ1n) is 12.8. The molecule has 0 unspecified atom stereocenters. The van der Waals surface area contributed by atoms with E-state index in [0.717, 1.165) is 37.0 Å². The highest BCUT2D eigenvalue weighted by atomic mass is 16.5. The summed E-state index contributed by atoms with van der Waals surface area (Å²) >= 11 is 0. The Bertz CT molecular complexity index is 869. The van der Waals surface area contributed by atoms with Crippen LogP contribution in [0.4, 0.5) is 0 Å². The zero-order valence-corrected chi connectivity index (χ0v) is 19.9. The highest BCUT2D eigenvalue weighted by Gasteiger charge is 2.60. The van der Waals surface area contributed by atoms with Gasteiger partial charge in [-0.25, -0.2) is 4.79 Å². The molecule has 0 heterocycles. The van der Waals surface area contributed by atoms with Crippen molar-refractivity contribution in [1.29, 1.82) is 0 Å². The first-order valence-corrected chi connectivity index (χ1v) is 12.8. The van der Waals surface area contributed by atoms with Gasteiger partial charge in [-0.2, -0.15) is 0 Å². The second-order valence-corrected chi connectivity index (χ2v) is 11.7. The van der Waals surface area contributed by atoms with Crippen molar-refractivity contribution < 1.29 is 14.3 Å². The minimum absolute atomic E-state index is 0.0572. The van der Waals surface area contributed by atoms with Gasteiger partial charge >= 0.3 is 5.97 Å². The van der Waals surface area contributed by atoms with Crippen molar-refractivity contribution in [2.24, 2.45) is 34.5 Å². The number of hydrogen-bond donors (Lipinski definition) is 1. The van der Waals surface area contributed by atoms with E-state index in [1.54, 1.807) is 6.92 Å². The van der Waals surface area contributed by atoms with E-state index in [9.17, 15) is 9.59 Å². The maximum absolute atomic E-state index is 12.6. The molecule has 0 radical (unpaired) electrons. The van der Waals surface area contributed by atoms with Crippen molar-refractivity contribution in [2.45, 2.75) is 90.7 Å². The Morgan fingerprint density at radius 3 is 2.38 bits per heavy atom. The highest BCUT2D eigenvalue weighted by molar-refractivity contribution is 5.89. The Kier molecular flexibility index (Phi) is 5.62. The Morgan fingerprint density at radius 2 is 1.62 bits per heavy atom. The zero-order valence-electron chi connectivity index (χ0n) is 19.9. The summed E-state index contributed by atoms with van der Waals surface area (Å²) in [5.41, 5.74) is 1.29. The van der Waals surface area contributed by atoms with E-state index in [2.05, 4.69) is 19.2 Å². The van der Waals surface area contributed by atoms with Crippen LogP contribution in [-0.4, -0.2) is 24.0 Å². The van der Waals surface area contributed by atoms with Crippen molar-refractivity contribution in [1.82, 2.24) is 5.32 Å². The van der Waals surface area contributed by atoms with Crippen LogP contribution in [0.2, 0.25) is 0 Å². The van der Waals surface area contributed by atoms with Crippen molar-refractivity contribution in [2.75, 3.05) is 0 Å². The topological polar surface area (TPSA) is 55.4 Å². The Morgan fingerprint density at radius 1 is 0.906 bits per heavy atom. The Balaban J connectivity index is 1.27. The van der Waals surface area contributed by atoms with Crippen LogP contribution in [-0.2, 0) is 9.53 Å². The molecule has 4 nitrogen and oxygen atoms in total. The molecular formula is C28H39NO3. The van der Waals surface area contributed by atoms with Crippen LogP contribution in [0.15, 0.2) is 30.3 Å². The number of amides is 1. The number of hydrogen-bond acceptors (Lipinski definition) is 3. The summed E-state index contributed by atoms with van der Waals surface area (Å²) in [5, 5.41) is 3.29. The van der Waals surface area contributed by atoms with Gasteiger partial charge in [0.15, 0.2) is 0 Å². The highest BCUT2D eigenvalue weighted by Crippen LogP contribution is 2.66. The number of carbonyl (C=O) groups excluding carboxylic acids is 2. The average molecular weight is 438 g/mol. The quantitative estimate of drug-likeness (QED) is 0.612. The SMILES string of the molecule is CC(=O)N[C@H]1CC[C@H]2[C@@H]3CC[C@H]4C[C@H](OC(=O)c5ccccc5)CC[C@]4(C)[C@H]3CC[C@]12C. The van der Waals surface area contributed by atoms with E-state index in [4.69, 9.17) is 4.74 Å². The molecule has 32 heavy (non-hydrogen) atoms. The van der Waals surface area contributed by atoms with E-state index in [1.165, 1.54) is 38.5 Å². The lowest BCUT2D eigenvalue weighted by atomic mass is 9.45. The van der Waals surface area contributed by atoms with Crippen molar-refractivity contribution >= 4 is 11.9 Å². The number of benzene rings is 1. The van der Waals surface area contributed by atoms with Gasteiger partial charge in [0.25, 0.3) is 0 Å². The maximum Gasteiger partial charge on any atom is 0.338 e. The van der Waals surface area contributed by atoms with E-state index >= 15 is 0 Å². The molecule has 174 valence electrons. The zero-order chi connectivity index (χ0) is 22.5. The molecule has 4 fully saturated rings. The summed E-state index contributed by atoms with van der Waals surface area (Å²) in [6.07, 6.45) is 10.7. The van der Waals surface area contributed by atoms with Gasteiger partial charge in [-0.15, -0.1) is 0 Å². The van der Waals surface area contributed by atoms with E-state index in [-0.39, 0.29) is 23.4 Å². The lowest BCUT2D eigenvalue weighted by Crippen LogP contribution is -2.56. The van der Waals surface area contributed by atoms with Gasteiger partial charge in [-0.05, 0) is 104 Å². The minimum atomic E-state index is -0.170. The fourth-order valence-corrected chi connectivity index (χ4v) is 8.60. The molecule has 4 aliphatic rings. The molecule has 4 saturated carbocycles. The summed E-state index contributed by atoms with van der Waals surface area (Å²) in [6.45, 7) is 6.67. The predicted molar refractivity (Wildman–Crippen MR) is 125 cm³/mol. The number of fused-ring (bicyclic) bond motifs is 5. The molecule has 0 spiro atoms. The smallest absolute Gasteiger partial charge is 0.338 e. The van der Waals surface area contributed by atoms with Crippen LogP contribution in [0.25, 0.3) is 0 Å². The van der Waals surface area contributed by atoms with Gasteiger partial charge in [-0.1, -0.05) is 32.0 Å². The van der Waals surface area contributed by atoms with Crippen LogP contribution < -0.4 is 5.32 Å². The molecule has 0 bridgehead atoms. The van der Waals surface area contributed by atoms with Crippen molar-refractivity contribution in [3.05, 3.63) is 35.9 Å². The van der Waals surface area contributed by atoms with Gasteiger partial charge in [0.05, 0.1) is 5.56 Å². The molecule has 0 aromatic heterocycles. The fraction of sp³-hybridized carbons (Fsp3) is 0.714. The molecule has 1 amide bonds. The molecule has 0 aliphatic heterocycles. The van der Waals surface area contributed by atoms with Crippen LogP contribution in [0.5, 0.6) is 0 Å². The molecule has 1 aromatic rings. The molecule has 1 aromatic carbocycles. The summed E-state index contributed by atoms with van der Waals surface area (Å²) in [5.74, 6) is 2.92. The molecule has 4 heteroatoms. The Labute approximate surface area is 192 Å². The third-order valence-electron chi connectivity index (χ3n) is 10.3. The van der Waals surface area contributed by atoms with E-state index < -0.39 is 0 Å². The normalized spacial score (nSPS) is 42.8. The number of esters is 1. The lowest BCUT2D eigenvalue weighted by Gasteiger charge is -2.61. The van der Waals surface area contributed by atoms with Gasteiger partial charge in [0.2, 0.25) is 5.91 Å². The van der Waals surface area contributed by atoms with Gasteiger partial charge in [-0.3, -0.25) is 4.79 Å². The number of nitrogens with one attached hydrogen (secondary N) is 1. The lowest BCUT2D eigenvalue weighted by molar-refractivity contribution is -0.129. The third kappa shape index (κ3) is 3.58. The van der Waals surface area contributed by atoms with Gasteiger partial charge in [0.1, 0.15) is 6.10 Å². The van der Waals surface area contributed by atoms with Crippen molar-refractivity contribution in [3.8, 4) is 0 Å². The van der Waals surface area contributed by atoms with Crippen LogP contribution in [0, 0.1) is 34.5 Å². The van der Waals surface area contributed by atoms with Crippen LogP contribution >= 0.6 is 0 Å². The molecule has 5 rings (SSSR count).